The van der Waals surface area contributed by atoms with Crippen molar-refractivity contribution in [2.24, 2.45) is 11.8 Å². The van der Waals surface area contributed by atoms with Crippen molar-refractivity contribution in [1.29, 1.82) is 0 Å². The van der Waals surface area contributed by atoms with Gasteiger partial charge in [-0.15, -0.1) is 5.10 Å². The highest BCUT2D eigenvalue weighted by Gasteiger charge is 2.47. The van der Waals surface area contributed by atoms with Crippen LogP contribution < -0.4 is 5.32 Å². The van der Waals surface area contributed by atoms with E-state index in [9.17, 15) is 0 Å². The molecule has 2 aliphatic carbocycles. The smallest absolute Gasteiger partial charge is 0.130 e. The van der Waals surface area contributed by atoms with Crippen molar-refractivity contribution >= 4 is 16.5 Å². The number of aromatic nitrogens is 2. The van der Waals surface area contributed by atoms with Crippen molar-refractivity contribution in [3.8, 4) is 0 Å². The van der Waals surface area contributed by atoms with Gasteiger partial charge in [0.05, 0.1) is 6.20 Å². The molecular weight excluding hydrogens is 170 g/mol. The SMILES string of the molecule is c1nnsc1NC1CC[C@H]2C[C@@H]12. The highest BCUT2D eigenvalue weighted by atomic mass is 32.1. The maximum atomic E-state index is 3.83. The second kappa shape index (κ2) is 2.42. The van der Waals surface area contributed by atoms with Gasteiger partial charge in [-0.1, -0.05) is 4.49 Å². The maximum Gasteiger partial charge on any atom is 0.130 e. The van der Waals surface area contributed by atoms with E-state index in [0.29, 0.717) is 0 Å². The first-order valence-electron chi connectivity index (χ1n) is 4.47. The molecule has 0 amide bonds. The minimum atomic E-state index is 0.720. The highest BCUT2D eigenvalue weighted by Crippen LogP contribution is 2.52. The zero-order chi connectivity index (χ0) is 7.97. The molecule has 3 atom stereocenters. The molecule has 2 fully saturated rings. The molecule has 2 saturated carbocycles. The first-order valence-corrected chi connectivity index (χ1v) is 5.25. The lowest BCUT2D eigenvalue weighted by molar-refractivity contribution is 0.656. The standard InChI is InChI=1S/C8H11N3S/c1-2-7(6-3-5(1)6)10-8-4-9-11-12-8/h4-7,10H,1-3H2/t5-,6+,7?/m0/s1. The van der Waals surface area contributed by atoms with Crippen LogP contribution in [0.4, 0.5) is 5.00 Å². The van der Waals surface area contributed by atoms with Crippen molar-refractivity contribution in [2.75, 3.05) is 5.32 Å². The molecule has 0 aliphatic heterocycles. The first kappa shape index (κ1) is 6.83. The molecule has 1 unspecified atom stereocenters. The third kappa shape index (κ3) is 1.02. The summed E-state index contributed by atoms with van der Waals surface area (Å²) in [6.45, 7) is 0. The minimum absolute atomic E-state index is 0.720. The van der Waals surface area contributed by atoms with Crippen molar-refractivity contribution < 1.29 is 0 Å². The fraction of sp³-hybridized carbons (Fsp3) is 0.750. The summed E-state index contributed by atoms with van der Waals surface area (Å²) < 4.78 is 3.83. The first-order chi connectivity index (χ1) is 5.93. The van der Waals surface area contributed by atoms with Crippen LogP contribution in [0.3, 0.4) is 0 Å². The van der Waals surface area contributed by atoms with Gasteiger partial charge in [0, 0.05) is 17.6 Å². The number of rotatable bonds is 2. The summed E-state index contributed by atoms with van der Waals surface area (Å²) in [5.74, 6) is 2.01. The summed E-state index contributed by atoms with van der Waals surface area (Å²) in [6.07, 6.45) is 6.03. The minimum Gasteiger partial charge on any atom is -0.371 e. The van der Waals surface area contributed by atoms with E-state index in [2.05, 4.69) is 14.9 Å². The monoisotopic (exact) mass is 181 g/mol. The molecule has 3 rings (SSSR count). The Hall–Kier alpha value is -0.640. The van der Waals surface area contributed by atoms with E-state index in [-0.39, 0.29) is 0 Å². The number of nitrogens with zero attached hydrogens (tertiary/aromatic N) is 2. The van der Waals surface area contributed by atoms with Gasteiger partial charge in [-0.2, -0.15) is 0 Å². The van der Waals surface area contributed by atoms with Gasteiger partial charge in [0.15, 0.2) is 0 Å². The van der Waals surface area contributed by atoms with E-state index < -0.39 is 0 Å². The van der Waals surface area contributed by atoms with E-state index in [0.717, 1.165) is 22.9 Å². The molecule has 4 heteroatoms. The van der Waals surface area contributed by atoms with E-state index in [1.807, 2.05) is 6.20 Å². The summed E-state index contributed by atoms with van der Waals surface area (Å²) in [7, 11) is 0. The van der Waals surface area contributed by atoms with Crippen LogP contribution in [-0.2, 0) is 0 Å². The summed E-state index contributed by atoms with van der Waals surface area (Å²) in [6, 6.07) is 0.720. The van der Waals surface area contributed by atoms with Gasteiger partial charge in [0.2, 0.25) is 0 Å². The highest BCUT2D eigenvalue weighted by molar-refractivity contribution is 7.09. The summed E-state index contributed by atoms with van der Waals surface area (Å²) in [4.78, 5) is 0. The predicted octanol–water partition coefficient (Wildman–Crippen LogP) is 1.75. The van der Waals surface area contributed by atoms with Crippen molar-refractivity contribution in [3.05, 3.63) is 6.20 Å². The van der Waals surface area contributed by atoms with Gasteiger partial charge in [-0.05, 0) is 31.1 Å². The van der Waals surface area contributed by atoms with Crippen LogP contribution in [-0.4, -0.2) is 15.6 Å². The van der Waals surface area contributed by atoms with Crippen LogP contribution in [0, 0.1) is 11.8 Å². The van der Waals surface area contributed by atoms with E-state index in [1.165, 1.54) is 30.8 Å². The zero-order valence-electron chi connectivity index (χ0n) is 6.73. The molecule has 3 nitrogen and oxygen atoms in total. The van der Waals surface area contributed by atoms with Gasteiger partial charge in [-0.25, -0.2) is 0 Å². The van der Waals surface area contributed by atoms with E-state index in [1.54, 1.807) is 0 Å². The lowest BCUT2D eigenvalue weighted by Crippen LogP contribution is -2.17. The number of hydrogen-bond donors (Lipinski definition) is 1. The van der Waals surface area contributed by atoms with Crippen LogP contribution in [0.5, 0.6) is 0 Å². The molecule has 0 spiro atoms. The molecule has 12 heavy (non-hydrogen) atoms. The molecule has 64 valence electrons. The fourth-order valence-electron chi connectivity index (χ4n) is 2.30. The molecule has 0 saturated heterocycles. The Morgan fingerprint density at radius 1 is 1.50 bits per heavy atom. The van der Waals surface area contributed by atoms with Gasteiger partial charge in [-0.3, -0.25) is 0 Å². The van der Waals surface area contributed by atoms with E-state index >= 15 is 0 Å². The summed E-state index contributed by atoms with van der Waals surface area (Å²) in [5, 5.41) is 8.45. The molecule has 2 aliphatic rings. The second-order valence-corrected chi connectivity index (χ2v) is 4.56. The number of fused-ring (bicyclic) bond motifs is 1. The Balaban J connectivity index is 1.68. The molecule has 1 N–H and O–H groups in total. The average Bonchev–Trinajstić information content (AvgIpc) is 2.54. The van der Waals surface area contributed by atoms with Crippen LogP contribution in [0.2, 0.25) is 0 Å². The molecule has 0 radical (unpaired) electrons. The maximum absolute atomic E-state index is 3.83. The van der Waals surface area contributed by atoms with Gasteiger partial charge >= 0.3 is 0 Å². The average molecular weight is 181 g/mol. The molecule has 0 bridgehead atoms. The Bertz CT molecular complexity index is 272. The largest absolute Gasteiger partial charge is 0.371 e. The van der Waals surface area contributed by atoms with Crippen LogP contribution >= 0.6 is 11.5 Å². The van der Waals surface area contributed by atoms with E-state index in [4.69, 9.17) is 0 Å². The number of hydrogen-bond acceptors (Lipinski definition) is 4. The fourth-order valence-corrected chi connectivity index (χ4v) is 2.78. The van der Waals surface area contributed by atoms with Gasteiger partial charge < -0.3 is 5.32 Å². The Labute approximate surface area is 75.3 Å². The molecule has 1 heterocycles. The molecule has 1 aromatic heterocycles. The van der Waals surface area contributed by atoms with Crippen LogP contribution in [0.25, 0.3) is 0 Å². The summed E-state index contributed by atoms with van der Waals surface area (Å²) in [5.41, 5.74) is 0. The quantitative estimate of drug-likeness (QED) is 0.755. The van der Waals surface area contributed by atoms with Crippen molar-refractivity contribution in [3.63, 3.8) is 0 Å². The van der Waals surface area contributed by atoms with Gasteiger partial charge in [0.1, 0.15) is 5.00 Å². The molecular formula is C8H11N3S. The molecule has 0 aromatic carbocycles. The zero-order valence-corrected chi connectivity index (χ0v) is 7.55. The van der Waals surface area contributed by atoms with Crippen LogP contribution in [0.1, 0.15) is 19.3 Å². The Morgan fingerprint density at radius 2 is 2.50 bits per heavy atom. The number of anilines is 1. The lowest BCUT2D eigenvalue weighted by atomic mass is 10.2. The third-order valence-electron chi connectivity index (χ3n) is 3.03. The predicted molar refractivity (Wildman–Crippen MR) is 48.2 cm³/mol. The second-order valence-electron chi connectivity index (χ2n) is 3.77. The van der Waals surface area contributed by atoms with Gasteiger partial charge in [0.25, 0.3) is 0 Å². The topological polar surface area (TPSA) is 37.8 Å². The third-order valence-corrected chi connectivity index (χ3v) is 3.63. The normalized spacial score (nSPS) is 37.8. The molecule has 1 aromatic rings. The van der Waals surface area contributed by atoms with Crippen molar-refractivity contribution in [2.45, 2.75) is 25.3 Å². The van der Waals surface area contributed by atoms with Crippen LogP contribution in [0.15, 0.2) is 6.20 Å². The Morgan fingerprint density at radius 3 is 3.08 bits per heavy atom. The number of nitrogens with one attached hydrogen (secondary N) is 1. The lowest BCUT2D eigenvalue weighted by Gasteiger charge is -2.12. The summed E-state index contributed by atoms with van der Waals surface area (Å²) >= 11 is 1.46. The van der Waals surface area contributed by atoms with Crippen molar-refractivity contribution in [1.82, 2.24) is 9.59 Å². The Kier molecular flexibility index (Phi) is 1.38.